The molecule has 0 fully saturated rings. The molecule has 3 rings (SSSR count). The first kappa shape index (κ1) is 20.6. The minimum Gasteiger partial charge on any atom is -0.483 e. The Morgan fingerprint density at radius 3 is 2.43 bits per heavy atom. The van der Waals surface area contributed by atoms with Crippen molar-refractivity contribution >= 4 is 28.3 Å². The molecule has 1 unspecified atom stereocenters. The molecule has 0 bridgehead atoms. The van der Waals surface area contributed by atoms with E-state index in [1.807, 2.05) is 36.4 Å². The second-order valence-corrected chi connectivity index (χ2v) is 6.29. The topological polar surface area (TPSA) is 120 Å². The maximum Gasteiger partial charge on any atom is 0.310 e. The first-order chi connectivity index (χ1) is 14.5. The molecule has 0 spiro atoms. The minimum atomic E-state index is -1.08. The average molecular weight is 409 g/mol. The molecule has 1 atom stereocenters. The summed E-state index contributed by atoms with van der Waals surface area (Å²) < 4.78 is 10.9. The number of nitro groups is 1. The van der Waals surface area contributed by atoms with Crippen LogP contribution in [0.1, 0.15) is 6.92 Å². The standard InChI is InChI=1S/C21H19N3O6/c1-14(30-19-11-5-4-10-17(19)24(27)28)21(26)23-22-20(25)13-29-18-12-6-8-15-7-2-3-9-16(15)18/h2-12,14H,13H2,1H3,(H,22,25)(H,23,26). The zero-order chi connectivity index (χ0) is 21.5. The summed E-state index contributed by atoms with van der Waals surface area (Å²) in [6, 6.07) is 18.8. The third-order valence-electron chi connectivity index (χ3n) is 4.17. The van der Waals surface area contributed by atoms with Gasteiger partial charge < -0.3 is 9.47 Å². The molecular weight excluding hydrogens is 390 g/mol. The molecule has 2 amide bonds. The molecular formula is C21H19N3O6. The minimum absolute atomic E-state index is 0.0456. The van der Waals surface area contributed by atoms with Gasteiger partial charge in [-0.3, -0.25) is 30.6 Å². The van der Waals surface area contributed by atoms with Crippen LogP contribution >= 0.6 is 0 Å². The van der Waals surface area contributed by atoms with Crippen LogP contribution in [0.4, 0.5) is 5.69 Å². The van der Waals surface area contributed by atoms with E-state index in [9.17, 15) is 19.7 Å². The molecule has 3 aromatic rings. The van der Waals surface area contributed by atoms with Crippen LogP contribution in [-0.2, 0) is 9.59 Å². The Morgan fingerprint density at radius 1 is 0.967 bits per heavy atom. The van der Waals surface area contributed by atoms with Crippen LogP contribution in [0, 0.1) is 10.1 Å². The Labute approximate surface area is 171 Å². The molecule has 0 aliphatic carbocycles. The number of hydrazine groups is 1. The van der Waals surface area contributed by atoms with Gasteiger partial charge in [0.05, 0.1) is 4.92 Å². The van der Waals surface area contributed by atoms with Crippen molar-refractivity contribution in [1.82, 2.24) is 10.9 Å². The van der Waals surface area contributed by atoms with Crippen molar-refractivity contribution in [2.75, 3.05) is 6.61 Å². The number of benzene rings is 3. The van der Waals surface area contributed by atoms with Gasteiger partial charge in [-0.25, -0.2) is 0 Å². The number of nitro benzene ring substituents is 1. The molecule has 0 radical (unpaired) electrons. The third kappa shape index (κ3) is 5.02. The first-order valence-electron chi connectivity index (χ1n) is 9.05. The van der Waals surface area contributed by atoms with Gasteiger partial charge in [-0.1, -0.05) is 48.5 Å². The Kier molecular flexibility index (Phi) is 6.43. The number of nitrogens with zero attached hydrogens (tertiary/aromatic N) is 1. The number of hydrogen-bond acceptors (Lipinski definition) is 6. The van der Waals surface area contributed by atoms with Crippen molar-refractivity contribution in [3.63, 3.8) is 0 Å². The number of carbonyl (C=O) groups excluding carboxylic acids is 2. The highest BCUT2D eigenvalue weighted by atomic mass is 16.6. The second kappa shape index (κ2) is 9.37. The van der Waals surface area contributed by atoms with Crippen molar-refractivity contribution in [2.24, 2.45) is 0 Å². The third-order valence-corrected chi connectivity index (χ3v) is 4.17. The molecule has 154 valence electrons. The van der Waals surface area contributed by atoms with E-state index in [-0.39, 0.29) is 18.0 Å². The molecule has 9 nitrogen and oxygen atoms in total. The number of fused-ring (bicyclic) bond motifs is 1. The molecule has 0 aromatic heterocycles. The maximum atomic E-state index is 12.1. The normalized spacial score (nSPS) is 11.4. The summed E-state index contributed by atoms with van der Waals surface area (Å²) in [5.41, 5.74) is 4.18. The average Bonchev–Trinajstić information content (AvgIpc) is 2.76. The lowest BCUT2D eigenvalue weighted by molar-refractivity contribution is -0.386. The quantitative estimate of drug-likeness (QED) is 0.457. The Morgan fingerprint density at radius 2 is 1.63 bits per heavy atom. The number of amides is 2. The summed E-state index contributed by atoms with van der Waals surface area (Å²) in [7, 11) is 0. The Balaban J connectivity index is 1.51. The smallest absolute Gasteiger partial charge is 0.310 e. The van der Waals surface area contributed by atoms with Crippen LogP contribution in [0.3, 0.4) is 0 Å². The summed E-state index contributed by atoms with van der Waals surface area (Å²) in [6.45, 7) is 1.10. The van der Waals surface area contributed by atoms with Crippen molar-refractivity contribution in [3.05, 3.63) is 76.8 Å². The van der Waals surface area contributed by atoms with Crippen LogP contribution < -0.4 is 20.3 Å². The lowest BCUT2D eigenvalue weighted by Crippen LogP contribution is -2.48. The van der Waals surface area contributed by atoms with Crippen molar-refractivity contribution in [2.45, 2.75) is 13.0 Å². The fraction of sp³-hybridized carbons (Fsp3) is 0.143. The highest BCUT2D eigenvalue weighted by Gasteiger charge is 2.21. The SMILES string of the molecule is CC(Oc1ccccc1[N+](=O)[O-])C(=O)NNC(=O)COc1cccc2ccccc12. The number of hydrogen-bond donors (Lipinski definition) is 2. The number of nitrogens with one attached hydrogen (secondary N) is 2. The van der Waals surface area contributed by atoms with E-state index in [4.69, 9.17) is 9.47 Å². The molecule has 0 aliphatic heterocycles. The zero-order valence-corrected chi connectivity index (χ0v) is 16.0. The Hall–Kier alpha value is -4.14. The summed E-state index contributed by atoms with van der Waals surface area (Å²) in [6.07, 6.45) is -1.08. The van der Waals surface area contributed by atoms with Crippen LogP contribution in [0.2, 0.25) is 0 Å². The highest BCUT2D eigenvalue weighted by Crippen LogP contribution is 2.27. The maximum absolute atomic E-state index is 12.1. The van der Waals surface area contributed by atoms with Gasteiger partial charge in [0.1, 0.15) is 5.75 Å². The van der Waals surface area contributed by atoms with E-state index in [0.717, 1.165) is 10.8 Å². The second-order valence-electron chi connectivity index (χ2n) is 6.29. The van der Waals surface area contributed by atoms with E-state index < -0.39 is 22.8 Å². The predicted molar refractivity (Wildman–Crippen MR) is 109 cm³/mol. The zero-order valence-electron chi connectivity index (χ0n) is 16.0. The van der Waals surface area contributed by atoms with Gasteiger partial charge in [0.15, 0.2) is 18.5 Å². The van der Waals surface area contributed by atoms with Gasteiger partial charge in [-0.2, -0.15) is 0 Å². The molecule has 2 N–H and O–H groups in total. The van der Waals surface area contributed by atoms with Crippen molar-refractivity contribution in [1.29, 1.82) is 0 Å². The lowest BCUT2D eigenvalue weighted by Gasteiger charge is -2.15. The summed E-state index contributed by atoms with van der Waals surface area (Å²) in [4.78, 5) is 34.5. The van der Waals surface area contributed by atoms with Gasteiger partial charge in [0, 0.05) is 11.5 Å². The first-order valence-corrected chi connectivity index (χ1v) is 9.05. The number of rotatable bonds is 7. The van der Waals surface area contributed by atoms with Gasteiger partial charge in [-0.15, -0.1) is 0 Å². The lowest BCUT2D eigenvalue weighted by atomic mass is 10.1. The van der Waals surface area contributed by atoms with Gasteiger partial charge in [-0.05, 0) is 24.4 Å². The molecule has 0 heterocycles. The predicted octanol–water partition coefficient (Wildman–Crippen LogP) is 2.74. The molecule has 0 saturated heterocycles. The fourth-order valence-corrected chi connectivity index (χ4v) is 2.69. The van der Waals surface area contributed by atoms with Crippen LogP contribution in [0.5, 0.6) is 11.5 Å². The van der Waals surface area contributed by atoms with E-state index in [2.05, 4.69) is 10.9 Å². The van der Waals surface area contributed by atoms with Crippen LogP contribution in [-0.4, -0.2) is 29.4 Å². The van der Waals surface area contributed by atoms with Crippen LogP contribution in [0.15, 0.2) is 66.7 Å². The van der Waals surface area contributed by atoms with E-state index in [0.29, 0.717) is 5.75 Å². The molecule has 0 saturated carbocycles. The largest absolute Gasteiger partial charge is 0.483 e. The van der Waals surface area contributed by atoms with Crippen molar-refractivity contribution in [3.8, 4) is 11.5 Å². The van der Waals surface area contributed by atoms with E-state index in [1.165, 1.54) is 25.1 Å². The molecule has 0 aliphatic rings. The van der Waals surface area contributed by atoms with E-state index >= 15 is 0 Å². The molecule has 9 heteroatoms. The summed E-state index contributed by atoms with van der Waals surface area (Å²) in [5, 5.41) is 12.9. The fourth-order valence-electron chi connectivity index (χ4n) is 2.69. The summed E-state index contributed by atoms with van der Waals surface area (Å²) >= 11 is 0. The summed E-state index contributed by atoms with van der Waals surface area (Å²) in [5.74, 6) is -0.751. The van der Waals surface area contributed by atoms with E-state index in [1.54, 1.807) is 12.1 Å². The van der Waals surface area contributed by atoms with Crippen molar-refractivity contribution < 1.29 is 24.0 Å². The Bertz CT molecular complexity index is 1080. The monoisotopic (exact) mass is 409 g/mol. The van der Waals surface area contributed by atoms with Gasteiger partial charge in [0.2, 0.25) is 0 Å². The van der Waals surface area contributed by atoms with Gasteiger partial charge >= 0.3 is 5.69 Å². The molecule has 3 aromatic carbocycles. The molecule has 30 heavy (non-hydrogen) atoms. The number of para-hydroxylation sites is 2. The van der Waals surface area contributed by atoms with Crippen LogP contribution in [0.25, 0.3) is 10.8 Å². The number of carbonyl (C=O) groups is 2. The highest BCUT2D eigenvalue weighted by molar-refractivity contribution is 5.89. The number of ether oxygens (including phenoxy) is 2. The van der Waals surface area contributed by atoms with Gasteiger partial charge in [0.25, 0.3) is 11.8 Å².